The Morgan fingerprint density at radius 1 is 0.912 bits per heavy atom. The molecule has 0 radical (unpaired) electrons. The number of hydrogen-bond acceptors (Lipinski definition) is 1. The Hall–Kier alpha value is -1.18. The molecule has 2 aliphatic rings. The summed E-state index contributed by atoms with van der Waals surface area (Å²) in [6.07, 6.45) is 7.73. The minimum absolute atomic E-state index is 0.00900. The molecule has 1 aliphatic carbocycles. The van der Waals surface area contributed by atoms with Crippen molar-refractivity contribution < 1.29 is 31.1 Å². The van der Waals surface area contributed by atoms with E-state index in [9.17, 15) is 26.3 Å². The number of rotatable bonds is 11. The van der Waals surface area contributed by atoms with Crippen LogP contribution in [0.25, 0.3) is 0 Å². The van der Waals surface area contributed by atoms with Crippen LogP contribution in [0.4, 0.5) is 26.3 Å². The first kappa shape index (κ1) is 27.4. The Morgan fingerprint density at radius 2 is 1.44 bits per heavy atom. The Balaban J connectivity index is 1.40. The Kier molecular flexibility index (Phi) is 10.2. The average molecular weight is 509 g/mol. The molecule has 34 heavy (non-hydrogen) atoms. The summed E-state index contributed by atoms with van der Waals surface area (Å²) in [5, 5.41) is 0. The van der Waals surface area contributed by atoms with Crippen LogP contribution in [0.15, 0.2) is 12.1 Å². The topological polar surface area (TPSA) is 9.23 Å². The lowest BCUT2D eigenvalue weighted by Crippen LogP contribution is -2.34. The highest BCUT2D eigenvalue weighted by Crippen LogP contribution is 2.40. The molecule has 0 N–H and O–H groups in total. The first-order valence-electron chi connectivity index (χ1n) is 13.0. The van der Waals surface area contributed by atoms with Crippen LogP contribution in [0.1, 0.15) is 82.6 Å². The van der Waals surface area contributed by atoms with Crippen LogP contribution in [-0.4, -0.2) is 27.8 Å². The number of benzene rings is 1. The maximum absolute atomic E-state index is 14.3. The van der Waals surface area contributed by atoms with Gasteiger partial charge in [0.15, 0.2) is 24.0 Å². The molecule has 1 aromatic rings. The summed E-state index contributed by atoms with van der Waals surface area (Å²) in [6, 6.07) is 6.70. The molecule has 3 rings (SSSR count). The van der Waals surface area contributed by atoms with Crippen LogP contribution in [-0.2, 0) is 0 Å². The van der Waals surface area contributed by atoms with E-state index in [-0.39, 0.29) is 14.7 Å². The van der Waals surface area contributed by atoms with Gasteiger partial charge in [0.25, 0.3) is 0 Å². The fourth-order valence-corrected chi connectivity index (χ4v) is 8.75. The van der Waals surface area contributed by atoms with Crippen molar-refractivity contribution in [2.45, 2.75) is 108 Å². The first-order valence-corrected chi connectivity index (χ1v) is 15.4. The van der Waals surface area contributed by atoms with Crippen molar-refractivity contribution in [3.05, 3.63) is 29.3 Å². The van der Waals surface area contributed by atoms with Crippen molar-refractivity contribution in [3.63, 3.8) is 0 Å². The number of halogens is 6. The zero-order chi connectivity index (χ0) is 24.7. The fourth-order valence-electron chi connectivity index (χ4n) is 5.76. The maximum Gasteiger partial charge on any atom is 0.340 e. The van der Waals surface area contributed by atoms with E-state index in [2.05, 4.69) is 11.7 Å². The molecule has 1 nitrogen and oxygen atoms in total. The molecule has 1 heterocycles. The Morgan fingerprint density at radius 3 is 1.94 bits per heavy atom. The van der Waals surface area contributed by atoms with Gasteiger partial charge >= 0.3 is 12.3 Å². The lowest BCUT2D eigenvalue weighted by molar-refractivity contribution is -0.148. The second kappa shape index (κ2) is 12.7. The van der Waals surface area contributed by atoms with Crippen molar-refractivity contribution in [1.29, 1.82) is 0 Å². The minimum Gasteiger partial charge on any atom is -0.481 e. The van der Waals surface area contributed by atoms with Crippen molar-refractivity contribution >= 4 is 8.80 Å². The number of alkyl halides is 4. The van der Waals surface area contributed by atoms with Gasteiger partial charge in [0.2, 0.25) is 0 Å². The van der Waals surface area contributed by atoms with Crippen LogP contribution < -0.4 is 4.74 Å². The van der Waals surface area contributed by atoms with Gasteiger partial charge in [0, 0.05) is 8.80 Å². The molecule has 8 heteroatoms. The summed E-state index contributed by atoms with van der Waals surface area (Å²) in [4.78, 5) is 0. The molecule has 0 aromatic heterocycles. The van der Waals surface area contributed by atoms with E-state index in [0.717, 1.165) is 43.7 Å². The summed E-state index contributed by atoms with van der Waals surface area (Å²) < 4.78 is 83.6. The summed E-state index contributed by atoms with van der Waals surface area (Å²) >= 11 is 0. The molecule has 194 valence electrons. The summed E-state index contributed by atoms with van der Waals surface area (Å²) in [5.74, 6) is -6.15. The first-order chi connectivity index (χ1) is 16.2. The monoisotopic (exact) mass is 508 g/mol. The standard InChI is InChI=1S/C26H38F6OSi/c1-2-34-13-11-19(12-14-34)6-4-3-5-18-7-9-20(10-8-18)21-15-22(27)24(23(28)16-21)33-17-26(31,32)25(29)30/h15-16,18-20,25,34H,2-14,17H2,1H3/t18-,19?,20-,34?. The number of unbranched alkanes of at least 4 members (excludes halogenated alkanes) is 1. The highest BCUT2D eigenvalue weighted by Gasteiger charge is 2.42. The molecule has 0 bridgehead atoms. The smallest absolute Gasteiger partial charge is 0.340 e. The molecule has 1 saturated carbocycles. The third kappa shape index (κ3) is 7.66. The van der Waals surface area contributed by atoms with Crippen molar-refractivity contribution in [2.75, 3.05) is 6.61 Å². The Labute approximate surface area is 201 Å². The zero-order valence-electron chi connectivity index (χ0n) is 20.1. The molecule has 0 atom stereocenters. The summed E-state index contributed by atoms with van der Waals surface area (Å²) in [7, 11) is -0.376. The van der Waals surface area contributed by atoms with E-state index in [1.165, 1.54) is 56.7 Å². The van der Waals surface area contributed by atoms with Crippen molar-refractivity contribution in [2.24, 2.45) is 11.8 Å². The van der Waals surface area contributed by atoms with E-state index < -0.39 is 36.3 Å². The van der Waals surface area contributed by atoms with Crippen LogP contribution in [0.3, 0.4) is 0 Å². The maximum atomic E-state index is 14.3. The molecular weight excluding hydrogens is 470 g/mol. The van der Waals surface area contributed by atoms with Gasteiger partial charge in [-0.25, -0.2) is 17.6 Å². The molecular formula is C26H38F6OSi. The van der Waals surface area contributed by atoms with Crippen LogP contribution in [0, 0.1) is 23.5 Å². The third-order valence-corrected chi connectivity index (χ3v) is 11.5. The van der Waals surface area contributed by atoms with E-state index >= 15 is 0 Å². The molecule has 0 unspecified atom stereocenters. The van der Waals surface area contributed by atoms with Gasteiger partial charge in [0.05, 0.1) is 0 Å². The van der Waals surface area contributed by atoms with E-state index in [4.69, 9.17) is 0 Å². The predicted octanol–water partition coefficient (Wildman–Crippen LogP) is 8.74. The van der Waals surface area contributed by atoms with Gasteiger partial charge in [-0.15, -0.1) is 0 Å². The van der Waals surface area contributed by atoms with E-state index in [0.29, 0.717) is 11.5 Å². The molecule has 0 spiro atoms. The summed E-state index contributed by atoms with van der Waals surface area (Å²) in [6.45, 7) is 0.580. The lowest BCUT2D eigenvalue weighted by Gasteiger charge is -2.30. The lowest BCUT2D eigenvalue weighted by atomic mass is 9.77. The quantitative estimate of drug-likeness (QED) is 0.165. The number of ether oxygens (including phenoxy) is 1. The van der Waals surface area contributed by atoms with Gasteiger partial charge in [0.1, 0.15) is 0 Å². The van der Waals surface area contributed by atoms with Crippen LogP contribution in [0.5, 0.6) is 5.75 Å². The highest BCUT2D eigenvalue weighted by molar-refractivity contribution is 6.58. The molecule has 2 fully saturated rings. The largest absolute Gasteiger partial charge is 0.481 e. The molecule has 1 aromatic carbocycles. The van der Waals surface area contributed by atoms with Gasteiger partial charge in [-0.3, -0.25) is 0 Å². The third-order valence-electron chi connectivity index (χ3n) is 8.09. The van der Waals surface area contributed by atoms with Crippen molar-refractivity contribution in [3.8, 4) is 5.75 Å². The van der Waals surface area contributed by atoms with Gasteiger partial charge in [-0.05, 0) is 61.1 Å². The molecule has 0 amide bonds. The Bertz CT molecular complexity index is 735. The van der Waals surface area contributed by atoms with Gasteiger partial charge in [-0.1, -0.05) is 63.6 Å². The minimum atomic E-state index is -4.47. The van der Waals surface area contributed by atoms with Crippen molar-refractivity contribution in [1.82, 2.24) is 0 Å². The van der Waals surface area contributed by atoms with Gasteiger partial charge in [-0.2, -0.15) is 8.78 Å². The second-order valence-corrected chi connectivity index (χ2v) is 14.2. The van der Waals surface area contributed by atoms with Crippen LogP contribution in [0.2, 0.25) is 18.1 Å². The second-order valence-electron chi connectivity index (χ2n) is 10.5. The summed E-state index contributed by atoms with van der Waals surface area (Å²) in [5.41, 5.74) is 0.479. The predicted molar refractivity (Wildman–Crippen MR) is 126 cm³/mol. The normalized spacial score (nSPS) is 26.1. The fraction of sp³-hybridized carbons (Fsp3) is 0.769. The molecule has 1 saturated heterocycles. The zero-order valence-corrected chi connectivity index (χ0v) is 21.3. The van der Waals surface area contributed by atoms with Gasteiger partial charge < -0.3 is 4.74 Å². The average Bonchev–Trinajstić information content (AvgIpc) is 2.82. The van der Waals surface area contributed by atoms with E-state index in [1.807, 2.05) is 0 Å². The SMILES string of the molecule is CC[SiH]1CCC(CCCC[C@H]2CC[C@H](c3cc(F)c(OCC(F)(F)C(F)F)c(F)c3)CC2)CC1. The number of hydrogen-bond donors (Lipinski definition) is 0. The van der Waals surface area contributed by atoms with Crippen LogP contribution >= 0.6 is 0 Å². The highest BCUT2D eigenvalue weighted by atomic mass is 28.3. The van der Waals surface area contributed by atoms with E-state index in [1.54, 1.807) is 0 Å². The molecule has 1 aliphatic heterocycles.